The highest BCUT2D eigenvalue weighted by Gasteiger charge is 2.39. The topological polar surface area (TPSA) is 106 Å². The fourth-order valence-corrected chi connectivity index (χ4v) is 2.97. The van der Waals surface area contributed by atoms with E-state index in [9.17, 15) is 14.9 Å². The van der Waals surface area contributed by atoms with Gasteiger partial charge in [-0.15, -0.1) is 12.4 Å². The van der Waals surface area contributed by atoms with Crippen molar-refractivity contribution in [2.24, 2.45) is 0 Å². The average Bonchev–Trinajstić information content (AvgIpc) is 2.62. The van der Waals surface area contributed by atoms with Crippen LogP contribution in [0, 0.1) is 17.0 Å². The lowest BCUT2D eigenvalue weighted by molar-refractivity contribution is -0.384. The number of carbonyl (C=O) groups excluding carboxylic acids is 1. The van der Waals surface area contributed by atoms with Crippen molar-refractivity contribution >= 4 is 29.7 Å². The van der Waals surface area contributed by atoms with Crippen molar-refractivity contribution < 1.29 is 14.5 Å². The third kappa shape index (κ3) is 5.55. The minimum atomic E-state index is -0.742. The normalized spacial score (nSPS) is 15.6. The number of anilines is 1. The molecule has 0 saturated carbocycles. The number of rotatable bonds is 8. The molecule has 8 nitrogen and oxygen atoms in total. The van der Waals surface area contributed by atoms with Gasteiger partial charge in [0.2, 0.25) is 0 Å². The van der Waals surface area contributed by atoms with Gasteiger partial charge in [-0.25, -0.2) is 0 Å². The van der Waals surface area contributed by atoms with E-state index < -0.39 is 10.5 Å². The molecule has 0 aliphatic carbocycles. The number of methoxy groups -OCH3 is 1. The van der Waals surface area contributed by atoms with E-state index in [1.807, 2.05) is 13.0 Å². The summed E-state index contributed by atoms with van der Waals surface area (Å²) < 4.78 is 5.48. The van der Waals surface area contributed by atoms with Crippen LogP contribution in [0.5, 0.6) is 0 Å². The molecule has 26 heavy (non-hydrogen) atoms. The van der Waals surface area contributed by atoms with Crippen molar-refractivity contribution in [3.63, 3.8) is 0 Å². The molecule has 1 aromatic carbocycles. The first kappa shape index (κ1) is 22.1. The number of hydrogen-bond donors (Lipinski definition) is 3. The van der Waals surface area contributed by atoms with Gasteiger partial charge in [0.15, 0.2) is 0 Å². The fraction of sp³-hybridized carbons (Fsp3) is 0.588. The second-order valence-electron chi connectivity index (χ2n) is 6.26. The molecule has 1 amide bonds. The number of nitro groups is 1. The van der Waals surface area contributed by atoms with E-state index >= 15 is 0 Å². The van der Waals surface area contributed by atoms with Crippen LogP contribution in [0.15, 0.2) is 18.2 Å². The van der Waals surface area contributed by atoms with Gasteiger partial charge in [-0.05, 0) is 50.9 Å². The predicted octanol–water partition coefficient (Wildman–Crippen LogP) is 2.01. The monoisotopic (exact) mass is 386 g/mol. The minimum absolute atomic E-state index is 0. The number of halogens is 1. The first-order valence-corrected chi connectivity index (χ1v) is 8.51. The molecule has 0 radical (unpaired) electrons. The Balaban J connectivity index is 0.00000338. The van der Waals surface area contributed by atoms with Crippen molar-refractivity contribution in [3.8, 4) is 0 Å². The van der Waals surface area contributed by atoms with E-state index in [0.717, 1.165) is 18.7 Å². The van der Waals surface area contributed by atoms with Gasteiger partial charge >= 0.3 is 0 Å². The van der Waals surface area contributed by atoms with E-state index in [0.29, 0.717) is 38.0 Å². The highest BCUT2D eigenvalue weighted by molar-refractivity contribution is 5.85. The maximum absolute atomic E-state index is 12.4. The Hall–Kier alpha value is -1.90. The van der Waals surface area contributed by atoms with Crippen LogP contribution in [0.25, 0.3) is 0 Å². The Morgan fingerprint density at radius 2 is 2.04 bits per heavy atom. The van der Waals surface area contributed by atoms with Crippen LogP contribution in [0.3, 0.4) is 0 Å². The summed E-state index contributed by atoms with van der Waals surface area (Å²) in [5.41, 5.74) is 0.663. The number of nitro benzene ring substituents is 1. The van der Waals surface area contributed by atoms with Crippen molar-refractivity contribution in [2.75, 3.05) is 38.6 Å². The first-order chi connectivity index (χ1) is 12.0. The van der Waals surface area contributed by atoms with Gasteiger partial charge in [-0.1, -0.05) is 6.07 Å². The molecule has 0 atom stereocenters. The van der Waals surface area contributed by atoms with Gasteiger partial charge in [0.05, 0.1) is 4.92 Å². The van der Waals surface area contributed by atoms with Gasteiger partial charge in [0, 0.05) is 26.3 Å². The molecule has 1 aliphatic heterocycles. The number of nitrogens with zero attached hydrogens (tertiary/aromatic N) is 1. The second-order valence-corrected chi connectivity index (χ2v) is 6.26. The summed E-state index contributed by atoms with van der Waals surface area (Å²) in [4.78, 5) is 23.1. The van der Waals surface area contributed by atoms with Gasteiger partial charge in [0.25, 0.3) is 11.6 Å². The first-order valence-electron chi connectivity index (χ1n) is 8.51. The number of ether oxygens (including phenoxy) is 1. The zero-order valence-electron chi connectivity index (χ0n) is 15.2. The average molecular weight is 387 g/mol. The Bertz CT molecular complexity index is 621. The molecule has 0 bridgehead atoms. The molecule has 1 heterocycles. The maximum atomic E-state index is 12.4. The number of carbonyl (C=O) groups is 1. The van der Waals surface area contributed by atoms with Crippen molar-refractivity contribution in [1.82, 2.24) is 10.6 Å². The smallest absolute Gasteiger partial charge is 0.292 e. The largest absolute Gasteiger partial charge is 0.379 e. The summed E-state index contributed by atoms with van der Waals surface area (Å²) >= 11 is 0. The molecule has 0 aromatic heterocycles. The fourth-order valence-electron chi connectivity index (χ4n) is 2.97. The van der Waals surface area contributed by atoms with Crippen molar-refractivity contribution in [3.05, 3.63) is 33.9 Å². The SMILES string of the molecule is COC1(C(=O)NCCCNc2ccc(C)cc2[N+](=O)[O-])CCNCC1.Cl. The van der Waals surface area contributed by atoms with Gasteiger partial charge in [-0.2, -0.15) is 0 Å². The number of aryl methyl sites for hydroxylation is 1. The number of benzene rings is 1. The van der Waals surface area contributed by atoms with Crippen molar-refractivity contribution in [1.29, 1.82) is 0 Å². The molecular weight excluding hydrogens is 360 g/mol. The van der Waals surface area contributed by atoms with Gasteiger partial charge in [0.1, 0.15) is 11.3 Å². The summed E-state index contributed by atoms with van der Waals surface area (Å²) in [5, 5.41) is 20.3. The highest BCUT2D eigenvalue weighted by atomic mass is 35.5. The predicted molar refractivity (Wildman–Crippen MR) is 103 cm³/mol. The number of piperidine rings is 1. The standard InChI is InChI=1S/C17H26N4O4.ClH/c1-13-4-5-14(15(12-13)21(23)24)19-8-3-9-20-16(22)17(25-2)6-10-18-11-7-17;/h4-5,12,18-19H,3,6-11H2,1-2H3,(H,20,22);1H. The molecule has 0 spiro atoms. The Labute approximate surface area is 159 Å². The van der Waals surface area contributed by atoms with Crippen LogP contribution in [-0.4, -0.2) is 49.7 Å². The van der Waals surface area contributed by atoms with Crippen LogP contribution in [0.1, 0.15) is 24.8 Å². The molecule has 0 unspecified atom stereocenters. The summed E-state index contributed by atoms with van der Waals surface area (Å²) in [6, 6.07) is 5.08. The molecule has 1 fully saturated rings. The molecule has 1 aromatic rings. The van der Waals surface area contributed by atoms with E-state index in [1.54, 1.807) is 19.2 Å². The molecule has 9 heteroatoms. The van der Waals surface area contributed by atoms with E-state index in [4.69, 9.17) is 4.74 Å². The summed E-state index contributed by atoms with van der Waals surface area (Å²) in [6.45, 7) is 4.37. The lowest BCUT2D eigenvalue weighted by Crippen LogP contribution is -2.54. The molecule has 1 aliphatic rings. The zero-order valence-corrected chi connectivity index (χ0v) is 16.0. The lowest BCUT2D eigenvalue weighted by atomic mass is 9.91. The number of hydrogen-bond acceptors (Lipinski definition) is 6. The van der Waals surface area contributed by atoms with E-state index in [-0.39, 0.29) is 24.0 Å². The van der Waals surface area contributed by atoms with Gasteiger partial charge in [-0.3, -0.25) is 14.9 Å². The second kappa shape index (κ2) is 10.3. The third-order valence-electron chi connectivity index (χ3n) is 4.52. The molecule has 1 saturated heterocycles. The Kier molecular flexibility index (Phi) is 8.77. The molecule has 2 rings (SSSR count). The van der Waals surface area contributed by atoms with Crippen molar-refractivity contribution in [2.45, 2.75) is 31.8 Å². The lowest BCUT2D eigenvalue weighted by Gasteiger charge is -2.34. The van der Waals surface area contributed by atoms with Crippen LogP contribution >= 0.6 is 12.4 Å². The molecule has 146 valence electrons. The third-order valence-corrected chi connectivity index (χ3v) is 4.52. The summed E-state index contributed by atoms with van der Waals surface area (Å²) in [7, 11) is 1.57. The van der Waals surface area contributed by atoms with Crippen LogP contribution < -0.4 is 16.0 Å². The Morgan fingerprint density at radius 1 is 1.35 bits per heavy atom. The quantitative estimate of drug-likeness (QED) is 0.358. The summed E-state index contributed by atoms with van der Waals surface area (Å²) in [6.07, 6.45) is 1.97. The zero-order chi connectivity index (χ0) is 18.3. The number of nitrogens with one attached hydrogen (secondary N) is 3. The van der Waals surface area contributed by atoms with Crippen LogP contribution in [0.4, 0.5) is 11.4 Å². The number of amides is 1. The minimum Gasteiger partial charge on any atom is -0.379 e. The van der Waals surface area contributed by atoms with E-state index in [2.05, 4.69) is 16.0 Å². The van der Waals surface area contributed by atoms with Crippen LogP contribution in [-0.2, 0) is 9.53 Å². The Morgan fingerprint density at radius 3 is 2.65 bits per heavy atom. The molecular formula is C17H27ClN4O4. The summed E-state index contributed by atoms with van der Waals surface area (Å²) in [5.74, 6) is -0.0854. The van der Waals surface area contributed by atoms with Crippen LogP contribution in [0.2, 0.25) is 0 Å². The maximum Gasteiger partial charge on any atom is 0.292 e. The highest BCUT2D eigenvalue weighted by Crippen LogP contribution is 2.25. The van der Waals surface area contributed by atoms with Gasteiger partial charge < -0.3 is 20.7 Å². The van der Waals surface area contributed by atoms with E-state index in [1.165, 1.54) is 0 Å². The molecule has 3 N–H and O–H groups in total.